The Morgan fingerprint density at radius 2 is 0.857 bits per heavy atom. The first-order valence-corrected chi connectivity index (χ1v) is 29.8. The van der Waals surface area contributed by atoms with Crippen LogP contribution in [-0.2, 0) is 39.9 Å². The maximum absolute atomic E-state index is 5.69. The number of likely N-dealkylation sites (N-methyl/N-ethyl adjacent to an activating group) is 3. The van der Waals surface area contributed by atoms with Crippen LogP contribution in [0.2, 0.25) is 0 Å². The SMILES string of the molecule is CC1=CC(C)(C)N(C)c2ccc(C(C)(C)C)cc21.CN1CCCc2cc(C(C)(C)C)ccc21.CN1CCOc2cc(C(C)(C)C)ccc21.CN1CCSc2cc(C(C)(C)C)ccc21.CN1CCc2cc(C(C)(C)C)ccc21. The van der Waals surface area contributed by atoms with Gasteiger partial charge < -0.3 is 29.2 Å². The third-order valence-corrected chi connectivity index (χ3v) is 17.3. The molecule has 7 heteroatoms. The van der Waals surface area contributed by atoms with Crippen LogP contribution in [0, 0.1) is 0 Å². The van der Waals surface area contributed by atoms with Gasteiger partial charge in [-0.2, -0.15) is 0 Å². The first-order chi connectivity index (χ1) is 35.6. The summed E-state index contributed by atoms with van der Waals surface area (Å²) in [6, 6.07) is 34.2. The van der Waals surface area contributed by atoms with E-state index in [1.807, 2.05) is 11.8 Å². The summed E-state index contributed by atoms with van der Waals surface area (Å²) in [5.74, 6) is 2.23. The molecule has 5 aromatic rings. The maximum Gasteiger partial charge on any atom is 0.142 e. The van der Waals surface area contributed by atoms with E-state index < -0.39 is 0 Å². The minimum atomic E-state index is 0.0976. The van der Waals surface area contributed by atoms with Crippen molar-refractivity contribution in [3.63, 3.8) is 0 Å². The number of anilines is 5. The van der Waals surface area contributed by atoms with E-state index in [0.717, 1.165) is 25.4 Å². The summed E-state index contributed by atoms with van der Waals surface area (Å²) in [5, 5.41) is 0. The number of fused-ring (bicyclic) bond motifs is 5. The number of aryl methyl sites for hydroxylation is 1. The number of hydrogen-bond acceptors (Lipinski definition) is 7. The molecule has 0 aromatic heterocycles. The van der Waals surface area contributed by atoms with Gasteiger partial charge in [0.05, 0.1) is 23.5 Å². The van der Waals surface area contributed by atoms with Crippen LogP contribution in [0.3, 0.4) is 0 Å². The average Bonchev–Trinajstić information content (AvgIpc) is 3.73. The number of nitrogens with zero attached hydrogens (tertiary/aromatic N) is 5. The summed E-state index contributed by atoms with van der Waals surface area (Å²) in [6.45, 7) is 46.0. The Bertz CT molecular complexity index is 2660. The Morgan fingerprint density at radius 3 is 1.39 bits per heavy atom. The molecule has 5 aliphatic rings. The zero-order chi connectivity index (χ0) is 57.2. The number of ether oxygens (including phenoxy) is 1. The lowest BCUT2D eigenvalue weighted by atomic mass is 9.82. The second kappa shape index (κ2) is 23.8. The molecule has 0 fully saturated rings. The second-order valence-corrected chi connectivity index (χ2v) is 29.4. The van der Waals surface area contributed by atoms with Gasteiger partial charge in [-0.3, -0.25) is 0 Å². The van der Waals surface area contributed by atoms with Gasteiger partial charge in [-0.25, -0.2) is 0 Å². The van der Waals surface area contributed by atoms with E-state index in [2.05, 4.69) is 281 Å². The van der Waals surface area contributed by atoms with Gasteiger partial charge in [-0.1, -0.05) is 152 Å². The predicted octanol–water partition coefficient (Wildman–Crippen LogP) is 17.3. The lowest BCUT2D eigenvalue weighted by Gasteiger charge is -2.41. The highest BCUT2D eigenvalue weighted by Crippen LogP contribution is 2.41. The molecule has 10 rings (SSSR count). The molecule has 77 heavy (non-hydrogen) atoms. The average molecular weight is 1060 g/mol. The molecular formula is C70H103N5OS. The molecule has 0 saturated heterocycles. The molecule has 0 unspecified atom stereocenters. The van der Waals surface area contributed by atoms with Crippen molar-refractivity contribution in [3.8, 4) is 5.75 Å². The van der Waals surface area contributed by atoms with Crippen LogP contribution >= 0.6 is 11.8 Å². The van der Waals surface area contributed by atoms with Crippen molar-refractivity contribution >= 4 is 45.8 Å². The van der Waals surface area contributed by atoms with Gasteiger partial charge in [0.1, 0.15) is 12.4 Å². The van der Waals surface area contributed by atoms with Gasteiger partial charge >= 0.3 is 0 Å². The Morgan fingerprint density at radius 1 is 0.442 bits per heavy atom. The summed E-state index contributed by atoms with van der Waals surface area (Å²) in [6.07, 6.45) is 6.10. The van der Waals surface area contributed by atoms with Gasteiger partial charge in [-0.05, 0) is 160 Å². The van der Waals surface area contributed by atoms with Crippen molar-refractivity contribution in [1.29, 1.82) is 0 Å². The van der Waals surface area contributed by atoms with Crippen molar-refractivity contribution in [2.24, 2.45) is 0 Å². The molecule has 5 heterocycles. The summed E-state index contributed by atoms with van der Waals surface area (Å²) in [4.78, 5) is 13.1. The molecule has 6 nitrogen and oxygen atoms in total. The summed E-state index contributed by atoms with van der Waals surface area (Å²) >= 11 is 1.98. The van der Waals surface area contributed by atoms with Gasteiger partial charge in [0, 0.05) is 88.1 Å². The summed E-state index contributed by atoms with van der Waals surface area (Å²) in [7, 11) is 10.8. The van der Waals surface area contributed by atoms with E-state index in [-0.39, 0.29) is 32.6 Å². The molecule has 420 valence electrons. The van der Waals surface area contributed by atoms with Crippen molar-refractivity contribution < 1.29 is 4.74 Å². The number of allylic oxidation sites excluding steroid dienone is 1. The lowest BCUT2D eigenvalue weighted by Crippen LogP contribution is -2.42. The molecule has 0 radical (unpaired) electrons. The van der Waals surface area contributed by atoms with Crippen molar-refractivity contribution in [1.82, 2.24) is 0 Å². The molecule has 5 aromatic carbocycles. The highest BCUT2D eigenvalue weighted by atomic mass is 32.2. The van der Waals surface area contributed by atoms with Gasteiger partial charge in [-0.15, -0.1) is 11.8 Å². The van der Waals surface area contributed by atoms with Crippen molar-refractivity contribution in [2.45, 2.75) is 181 Å². The summed E-state index contributed by atoms with van der Waals surface area (Å²) < 4.78 is 5.69. The first kappa shape index (κ1) is 61.2. The zero-order valence-electron chi connectivity index (χ0n) is 52.7. The Labute approximate surface area is 475 Å². The number of benzene rings is 5. The summed E-state index contributed by atoms with van der Waals surface area (Å²) in [5.41, 5.74) is 20.9. The maximum atomic E-state index is 5.69. The van der Waals surface area contributed by atoms with Crippen LogP contribution in [0.15, 0.2) is 102 Å². The molecular weight excluding hydrogens is 959 g/mol. The van der Waals surface area contributed by atoms with Gasteiger partial charge in [0.2, 0.25) is 0 Å². The molecule has 0 spiro atoms. The van der Waals surface area contributed by atoms with Crippen LogP contribution in [0.5, 0.6) is 5.75 Å². The van der Waals surface area contributed by atoms with Crippen LogP contribution in [-0.4, -0.2) is 79.3 Å². The van der Waals surface area contributed by atoms with E-state index in [4.69, 9.17) is 4.74 Å². The Kier molecular flexibility index (Phi) is 18.9. The fourth-order valence-electron chi connectivity index (χ4n) is 10.6. The van der Waals surface area contributed by atoms with Crippen LogP contribution < -0.4 is 29.2 Å². The zero-order valence-corrected chi connectivity index (χ0v) is 53.5. The minimum Gasteiger partial charge on any atom is -0.490 e. The van der Waals surface area contributed by atoms with E-state index in [1.54, 1.807) is 0 Å². The monoisotopic (exact) mass is 1060 g/mol. The fourth-order valence-corrected chi connectivity index (χ4v) is 11.7. The fraction of sp³-hybridized carbons (Fsp3) is 0.543. The molecule has 0 N–H and O–H groups in total. The quantitative estimate of drug-likeness (QED) is 0.152. The predicted molar refractivity (Wildman–Crippen MR) is 343 cm³/mol. The van der Waals surface area contributed by atoms with E-state index in [1.165, 1.54) is 122 Å². The molecule has 5 aliphatic heterocycles. The third kappa shape index (κ3) is 15.4. The Hall–Kier alpha value is -5.01. The Balaban J connectivity index is 0.000000156. The molecule has 0 saturated carbocycles. The smallest absolute Gasteiger partial charge is 0.142 e. The second-order valence-electron chi connectivity index (χ2n) is 28.3. The largest absolute Gasteiger partial charge is 0.490 e. The van der Waals surface area contributed by atoms with E-state index in [0.29, 0.717) is 0 Å². The minimum absolute atomic E-state index is 0.0976. The van der Waals surface area contributed by atoms with Crippen molar-refractivity contribution in [2.75, 3.05) is 98.3 Å². The molecule has 0 amide bonds. The van der Waals surface area contributed by atoms with Gasteiger partial charge in [0.25, 0.3) is 0 Å². The highest BCUT2D eigenvalue weighted by Gasteiger charge is 2.30. The van der Waals surface area contributed by atoms with Crippen LogP contribution in [0.25, 0.3) is 5.57 Å². The standard InChI is InChI=1S/C17H25N.C14H21N.C13H19NO.C13H19NS.C13H19N/c1-12-11-17(5,6)18(7)15-9-8-13(10-14(12)15)16(2,3)4;1-14(2,3)12-7-8-13-11(10-12)6-5-9-15(13)4;2*1-13(2,3)10-5-6-11-12(9-10)15-8-7-14(11)4;1-13(2,3)11-5-6-12-10(9-11)7-8-14(12)4/h8-11H,1-7H3;7-8,10H,5-6,9H2,1-4H3;2*5-6,9H,7-8H2,1-4H3;5-6,9H,7-8H2,1-4H3. The number of thioether (sulfide) groups is 1. The third-order valence-electron chi connectivity index (χ3n) is 16.3. The first-order valence-electron chi connectivity index (χ1n) is 28.8. The number of rotatable bonds is 0. The van der Waals surface area contributed by atoms with Crippen LogP contribution in [0.1, 0.15) is 176 Å². The molecule has 0 bridgehead atoms. The van der Waals surface area contributed by atoms with Crippen molar-refractivity contribution in [3.05, 3.63) is 142 Å². The molecule has 0 aliphatic carbocycles. The van der Waals surface area contributed by atoms with E-state index in [9.17, 15) is 0 Å². The molecule has 0 atom stereocenters. The van der Waals surface area contributed by atoms with Gasteiger partial charge in [0.15, 0.2) is 0 Å². The van der Waals surface area contributed by atoms with E-state index >= 15 is 0 Å². The van der Waals surface area contributed by atoms with Crippen LogP contribution in [0.4, 0.5) is 28.4 Å². The highest BCUT2D eigenvalue weighted by molar-refractivity contribution is 7.99. The normalized spacial score (nSPS) is 16.7. The number of hydrogen-bond donors (Lipinski definition) is 0. The lowest BCUT2D eigenvalue weighted by molar-refractivity contribution is 0.310. The topological polar surface area (TPSA) is 25.4 Å².